The van der Waals surface area contributed by atoms with Crippen LogP contribution >= 0.6 is 0 Å². The molecular weight excluding hydrogens is 332 g/mol. The molecule has 0 unspecified atom stereocenters. The summed E-state index contributed by atoms with van der Waals surface area (Å²) in [6.07, 6.45) is 6.80. The number of hydrogen-bond donors (Lipinski definition) is 1. The van der Waals surface area contributed by atoms with Gasteiger partial charge in [0.2, 0.25) is 5.95 Å². The molecule has 2 aromatic rings. The van der Waals surface area contributed by atoms with Gasteiger partial charge < -0.3 is 14.4 Å². The molecule has 0 radical (unpaired) electrons. The summed E-state index contributed by atoms with van der Waals surface area (Å²) in [4.78, 5) is 25.4. The second-order valence-electron chi connectivity index (χ2n) is 7.52. The lowest BCUT2D eigenvalue weighted by molar-refractivity contribution is -0.150. The van der Waals surface area contributed by atoms with E-state index in [0.29, 0.717) is 25.5 Å². The van der Waals surface area contributed by atoms with E-state index < -0.39 is 11.4 Å². The minimum absolute atomic E-state index is 0.0439. The first-order valence-corrected chi connectivity index (χ1v) is 9.08. The summed E-state index contributed by atoms with van der Waals surface area (Å²) in [6, 6.07) is 3.86. The van der Waals surface area contributed by atoms with Crippen LogP contribution < -0.4 is 4.90 Å². The highest BCUT2D eigenvalue weighted by atomic mass is 16.4. The van der Waals surface area contributed by atoms with Gasteiger partial charge in [0.25, 0.3) is 0 Å². The van der Waals surface area contributed by atoms with Gasteiger partial charge in [0.1, 0.15) is 5.76 Å². The summed E-state index contributed by atoms with van der Waals surface area (Å²) in [6.45, 7) is 5.46. The summed E-state index contributed by atoms with van der Waals surface area (Å²) in [5.41, 5.74) is 0.270. The zero-order chi connectivity index (χ0) is 18.1. The van der Waals surface area contributed by atoms with E-state index in [1.165, 1.54) is 0 Å². The van der Waals surface area contributed by atoms with E-state index in [9.17, 15) is 9.90 Å². The highest BCUT2D eigenvalue weighted by Gasteiger charge is 2.53. The number of anilines is 1. The number of furan rings is 1. The van der Waals surface area contributed by atoms with Crippen LogP contribution in [0.1, 0.15) is 24.2 Å². The van der Waals surface area contributed by atoms with E-state index in [1.54, 1.807) is 18.7 Å². The predicted octanol–water partition coefficient (Wildman–Crippen LogP) is 2.18. The van der Waals surface area contributed by atoms with Crippen LogP contribution in [0, 0.1) is 18.3 Å². The molecule has 0 aliphatic carbocycles. The Morgan fingerprint density at radius 3 is 2.88 bits per heavy atom. The second-order valence-corrected chi connectivity index (χ2v) is 7.52. The van der Waals surface area contributed by atoms with Gasteiger partial charge >= 0.3 is 5.97 Å². The van der Waals surface area contributed by atoms with Crippen LogP contribution in [0.25, 0.3) is 0 Å². The van der Waals surface area contributed by atoms with E-state index in [1.807, 2.05) is 24.0 Å². The molecule has 1 N–H and O–H groups in total. The maximum Gasteiger partial charge on any atom is 0.311 e. The van der Waals surface area contributed by atoms with Crippen molar-refractivity contribution in [3.05, 3.63) is 42.1 Å². The SMILES string of the molecule is Cc1cnc(N2C[C@@H]3CN(Cc4ccco4)CCC[C@]3(C(=O)O)C2)nc1. The minimum atomic E-state index is -0.730. The smallest absolute Gasteiger partial charge is 0.311 e. The third kappa shape index (κ3) is 3.07. The first kappa shape index (κ1) is 17.0. The molecule has 0 spiro atoms. The molecule has 4 heterocycles. The molecule has 2 aliphatic rings. The van der Waals surface area contributed by atoms with Gasteiger partial charge in [-0.25, -0.2) is 9.97 Å². The molecule has 2 aromatic heterocycles. The monoisotopic (exact) mass is 356 g/mol. The quantitative estimate of drug-likeness (QED) is 0.899. The zero-order valence-electron chi connectivity index (χ0n) is 15.0. The number of aryl methyl sites for hydroxylation is 1. The standard InChI is InChI=1S/C19H24N4O3/c1-14-8-20-18(21-9-14)23-11-15-10-22(12-16-4-2-7-26-16)6-3-5-19(15,13-23)17(24)25/h2,4,7-9,15H,3,5-6,10-13H2,1H3,(H,24,25)/t15-,19-/m0/s1. The van der Waals surface area contributed by atoms with E-state index in [-0.39, 0.29) is 5.92 Å². The van der Waals surface area contributed by atoms with Crippen molar-refractivity contribution in [2.45, 2.75) is 26.3 Å². The second kappa shape index (κ2) is 6.72. The molecule has 0 aromatic carbocycles. The number of carbonyl (C=O) groups is 1. The molecule has 4 rings (SSSR count). The lowest BCUT2D eigenvalue weighted by Gasteiger charge is -2.29. The van der Waals surface area contributed by atoms with E-state index in [4.69, 9.17) is 4.42 Å². The third-order valence-electron chi connectivity index (χ3n) is 5.71. The van der Waals surface area contributed by atoms with Gasteiger partial charge in [0, 0.05) is 37.9 Å². The molecule has 2 saturated heterocycles. The molecule has 2 aliphatic heterocycles. The van der Waals surface area contributed by atoms with Crippen LogP contribution in [0.2, 0.25) is 0 Å². The third-order valence-corrected chi connectivity index (χ3v) is 5.71. The molecule has 2 atom stereocenters. The molecule has 7 nitrogen and oxygen atoms in total. The molecule has 0 bridgehead atoms. The fourth-order valence-electron chi connectivity index (χ4n) is 4.33. The highest BCUT2D eigenvalue weighted by Crippen LogP contribution is 2.44. The Balaban J connectivity index is 1.56. The van der Waals surface area contributed by atoms with Gasteiger partial charge in [-0.1, -0.05) is 0 Å². The number of aromatic nitrogens is 2. The van der Waals surface area contributed by atoms with Crippen molar-refractivity contribution >= 4 is 11.9 Å². The van der Waals surface area contributed by atoms with E-state index in [2.05, 4.69) is 14.9 Å². The first-order valence-electron chi connectivity index (χ1n) is 9.08. The van der Waals surface area contributed by atoms with Gasteiger partial charge in [0.15, 0.2) is 0 Å². The van der Waals surface area contributed by atoms with Crippen LogP contribution in [0.15, 0.2) is 35.2 Å². The van der Waals surface area contributed by atoms with Crippen LogP contribution in [-0.4, -0.2) is 52.1 Å². The predicted molar refractivity (Wildman–Crippen MR) is 95.8 cm³/mol. The lowest BCUT2D eigenvalue weighted by atomic mass is 9.75. The number of rotatable bonds is 4. The van der Waals surface area contributed by atoms with Crippen molar-refractivity contribution in [1.82, 2.24) is 14.9 Å². The number of carboxylic acids is 1. The zero-order valence-corrected chi connectivity index (χ0v) is 15.0. The Labute approximate surface area is 152 Å². The van der Waals surface area contributed by atoms with Gasteiger partial charge in [-0.2, -0.15) is 0 Å². The molecule has 26 heavy (non-hydrogen) atoms. The van der Waals surface area contributed by atoms with Crippen molar-refractivity contribution in [3.63, 3.8) is 0 Å². The molecular formula is C19H24N4O3. The topological polar surface area (TPSA) is 82.7 Å². The van der Waals surface area contributed by atoms with Crippen LogP contribution in [0.4, 0.5) is 5.95 Å². The Kier molecular flexibility index (Phi) is 4.40. The largest absolute Gasteiger partial charge is 0.481 e. The molecule has 2 fully saturated rings. The van der Waals surface area contributed by atoms with Crippen molar-refractivity contribution in [2.24, 2.45) is 11.3 Å². The number of aliphatic carboxylic acids is 1. The number of carboxylic acid groups (broad SMARTS) is 1. The maximum atomic E-state index is 12.3. The molecule has 0 saturated carbocycles. The van der Waals surface area contributed by atoms with Gasteiger partial charge in [-0.05, 0) is 44.0 Å². The maximum absolute atomic E-state index is 12.3. The number of fused-ring (bicyclic) bond motifs is 1. The van der Waals surface area contributed by atoms with Crippen molar-refractivity contribution in [3.8, 4) is 0 Å². The van der Waals surface area contributed by atoms with Gasteiger partial charge in [-0.15, -0.1) is 0 Å². The highest BCUT2D eigenvalue weighted by molar-refractivity contribution is 5.77. The van der Waals surface area contributed by atoms with Crippen molar-refractivity contribution < 1.29 is 14.3 Å². The lowest BCUT2D eigenvalue weighted by Crippen LogP contribution is -2.41. The number of nitrogens with zero attached hydrogens (tertiary/aromatic N) is 4. The molecule has 7 heteroatoms. The summed E-state index contributed by atoms with van der Waals surface area (Å²) < 4.78 is 5.47. The first-order chi connectivity index (χ1) is 12.6. The van der Waals surface area contributed by atoms with Crippen molar-refractivity contribution in [1.29, 1.82) is 0 Å². The summed E-state index contributed by atoms with van der Waals surface area (Å²) in [5, 5.41) is 10.1. The van der Waals surface area contributed by atoms with E-state index in [0.717, 1.165) is 37.4 Å². The normalized spacial score (nSPS) is 26.5. The number of likely N-dealkylation sites (tertiary alicyclic amines) is 1. The summed E-state index contributed by atoms with van der Waals surface area (Å²) in [7, 11) is 0. The summed E-state index contributed by atoms with van der Waals surface area (Å²) >= 11 is 0. The van der Waals surface area contributed by atoms with Crippen LogP contribution in [-0.2, 0) is 11.3 Å². The summed E-state index contributed by atoms with van der Waals surface area (Å²) in [5.74, 6) is 0.894. The van der Waals surface area contributed by atoms with Crippen LogP contribution in [0.3, 0.4) is 0 Å². The average molecular weight is 356 g/mol. The van der Waals surface area contributed by atoms with E-state index >= 15 is 0 Å². The fraction of sp³-hybridized carbons (Fsp3) is 0.526. The Morgan fingerprint density at radius 2 is 2.19 bits per heavy atom. The molecule has 138 valence electrons. The van der Waals surface area contributed by atoms with Crippen molar-refractivity contribution in [2.75, 3.05) is 31.1 Å². The van der Waals surface area contributed by atoms with Gasteiger partial charge in [-0.3, -0.25) is 9.69 Å². The Bertz CT molecular complexity index is 762. The molecule has 0 amide bonds. The number of hydrogen-bond acceptors (Lipinski definition) is 6. The van der Waals surface area contributed by atoms with Crippen LogP contribution in [0.5, 0.6) is 0 Å². The fourth-order valence-corrected chi connectivity index (χ4v) is 4.33. The minimum Gasteiger partial charge on any atom is -0.481 e. The van der Waals surface area contributed by atoms with Gasteiger partial charge in [0.05, 0.1) is 18.2 Å². The Morgan fingerprint density at radius 1 is 1.38 bits per heavy atom. The Hall–Kier alpha value is -2.41. The average Bonchev–Trinajstić information content (AvgIpc) is 3.21.